The summed E-state index contributed by atoms with van der Waals surface area (Å²) >= 11 is 0. The van der Waals surface area contributed by atoms with Crippen LogP contribution in [-0.2, 0) is 4.74 Å². The summed E-state index contributed by atoms with van der Waals surface area (Å²) in [4.78, 5) is 2.72. The van der Waals surface area contributed by atoms with Crippen molar-refractivity contribution in [3.05, 3.63) is 0 Å². The third kappa shape index (κ3) is 2.51. The molecule has 0 aromatic heterocycles. The first-order valence-corrected chi connectivity index (χ1v) is 7.32. The molecule has 0 aromatic carbocycles. The molecule has 4 unspecified atom stereocenters. The van der Waals surface area contributed by atoms with E-state index in [2.05, 4.69) is 17.1 Å². The molecule has 4 atom stereocenters. The Balaban J connectivity index is 1.52. The molecule has 0 aromatic rings. The maximum absolute atomic E-state index is 5.57. The van der Waals surface area contributed by atoms with E-state index in [-0.39, 0.29) is 0 Å². The molecule has 2 saturated carbocycles. The number of nitrogens with one attached hydrogen (secondary N) is 1. The highest BCUT2D eigenvalue weighted by molar-refractivity contribution is 4.98. The van der Waals surface area contributed by atoms with Crippen LogP contribution in [0.25, 0.3) is 0 Å². The molecule has 0 spiro atoms. The van der Waals surface area contributed by atoms with E-state index in [4.69, 9.17) is 4.74 Å². The Morgan fingerprint density at radius 3 is 2.71 bits per heavy atom. The molecule has 1 saturated heterocycles. The predicted octanol–water partition coefficient (Wildman–Crippen LogP) is 1.77. The lowest BCUT2D eigenvalue weighted by Crippen LogP contribution is -2.44. The van der Waals surface area contributed by atoms with Gasteiger partial charge in [0, 0.05) is 37.8 Å². The fourth-order valence-corrected chi connectivity index (χ4v) is 3.79. The Labute approximate surface area is 105 Å². The van der Waals surface area contributed by atoms with E-state index in [1.165, 1.54) is 45.1 Å². The quantitative estimate of drug-likeness (QED) is 0.808. The molecule has 1 N–H and O–H groups in total. The Morgan fingerprint density at radius 1 is 1.18 bits per heavy atom. The molecular weight excluding hydrogens is 212 g/mol. The van der Waals surface area contributed by atoms with Gasteiger partial charge in [0.2, 0.25) is 0 Å². The van der Waals surface area contributed by atoms with E-state index in [9.17, 15) is 0 Å². The van der Waals surface area contributed by atoms with Crippen LogP contribution in [0.2, 0.25) is 0 Å². The van der Waals surface area contributed by atoms with Crippen molar-refractivity contribution >= 4 is 0 Å². The van der Waals surface area contributed by atoms with E-state index < -0.39 is 0 Å². The van der Waals surface area contributed by atoms with Crippen LogP contribution >= 0.6 is 0 Å². The molecule has 3 nitrogen and oxygen atoms in total. The van der Waals surface area contributed by atoms with Gasteiger partial charge in [0.1, 0.15) is 0 Å². The smallest absolute Gasteiger partial charge is 0.0724 e. The third-order valence-corrected chi connectivity index (χ3v) is 4.84. The number of hydrogen-bond acceptors (Lipinski definition) is 3. The van der Waals surface area contributed by atoms with Crippen molar-refractivity contribution in [3.8, 4) is 0 Å². The highest BCUT2D eigenvalue weighted by Crippen LogP contribution is 2.34. The summed E-state index contributed by atoms with van der Waals surface area (Å²) in [5.74, 6) is 0. The summed E-state index contributed by atoms with van der Waals surface area (Å²) in [6.45, 7) is 3.65. The molecule has 98 valence electrons. The molecule has 0 bridgehead atoms. The molecule has 17 heavy (non-hydrogen) atoms. The highest BCUT2D eigenvalue weighted by atomic mass is 16.5. The van der Waals surface area contributed by atoms with Crippen molar-refractivity contribution in [1.29, 1.82) is 0 Å². The third-order valence-electron chi connectivity index (χ3n) is 4.84. The average molecular weight is 238 g/mol. The highest BCUT2D eigenvalue weighted by Gasteiger charge is 2.40. The van der Waals surface area contributed by atoms with Crippen LogP contribution < -0.4 is 5.32 Å². The maximum Gasteiger partial charge on any atom is 0.0724 e. The molecule has 3 rings (SSSR count). The molecule has 3 fully saturated rings. The van der Waals surface area contributed by atoms with Crippen molar-refractivity contribution in [2.24, 2.45) is 0 Å². The molecular formula is C14H26N2O. The standard InChI is InChI=1S/C14H26N2O/c1-10-8-11(9-16(10)12-6-7-12)15-13-4-3-5-14(13)17-2/h10-15H,3-9H2,1-2H3. The minimum Gasteiger partial charge on any atom is -0.380 e. The molecule has 1 aliphatic heterocycles. The Bertz CT molecular complexity index is 267. The van der Waals surface area contributed by atoms with Gasteiger partial charge in [-0.05, 0) is 45.4 Å². The zero-order valence-electron chi connectivity index (χ0n) is 11.2. The number of likely N-dealkylation sites (tertiary alicyclic amines) is 1. The summed E-state index contributed by atoms with van der Waals surface area (Å²) in [5, 5.41) is 3.86. The van der Waals surface area contributed by atoms with Gasteiger partial charge in [-0.3, -0.25) is 4.90 Å². The van der Waals surface area contributed by atoms with E-state index in [0.717, 1.165) is 12.1 Å². The number of methoxy groups -OCH3 is 1. The largest absolute Gasteiger partial charge is 0.380 e. The first-order chi connectivity index (χ1) is 8.28. The molecule has 0 radical (unpaired) electrons. The van der Waals surface area contributed by atoms with Crippen LogP contribution in [0.1, 0.15) is 45.4 Å². The van der Waals surface area contributed by atoms with Gasteiger partial charge in [0.05, 0.1) is 6.10 Å². The topological polar surface area (TPSA) is 24.5 Å². The summed E-state index contributed by atoms with van der Waals surface area (Å²) in [6.07, 6.45) is 8.51. The van der Waals surface area contributed by atoms with Gasteiger partial charge in [-0.25, -0.2) is 0 Å². The van der Waals surface area contributed by atoms with Gasteiger partial charge >= 0.3 is 0 Å². The predicted molar refractivity (Wildman–Crippen MR) is 69.2 cm³/mol. The van der Waals surface area contributed by atoms with Crippen molar-refractivity contribution in [2.45, 2.75) is 75.7 Å². The summed E-state index contributed by atoms with van der Waals surface area (Å²) in [6, 6.07) is 3.00. The maximum atomic E-state index is 5.57. The minimum absolute atomic E-state index is 0.459. The van der Waals surface area contributed by atoms with Crippen LogP contribution in [0.15, 0.2) is 0 Å². The number of hydrogen-bond donors (Lipinski definition) is 1. The van der Waals surface area contributed by atoms with Gasteiger partial charge in [0.25, 0.3) is 0 Å². The van der Waals surface area contributed by atoms with E-state index in [1.54, 1.807) is 0 Å². The molecule has 2 aliphatic carbocycles. The first-order valence-electron chi connectivity index (χ1n) is 7.32. The Kier molecular flexibility index (Phi) is 3.42. The second-order valence-corrected chi connectivity index (χ2v) is 6.19. The van der Waals surface area contributed by atoms with Crippen LogP contribution in [0.3, 0.4) is 0 Å². The van der Waals surface area contributed by atoms with Crippen LogP contribution in [0.5, 0.6) is 0 Å². The lowest BCUT2D eigenvalue weighted by atomic mass is 10.1. The second kappa shape index (κ2) is 4.87. The summed E-state index contributed by atoms with van der Waals surface area (Å²) in [7, 11) is 1.86. The Morgan fingerprint density at radius 2 is 2.00 bits per heavy atom. The van der Waals surface area contributed by atoms with E-state index in [0.29, 0.717) is 18.2 Å². The van der Waals surface area contributed by atoms with E-state index in [1.807, 2.05) is 7.11 Å². The van der Waals surface area contributed by atoms with Gasteiger partial charge < -0.3 is 10.1 Å². The van der Waals surface area contributed by atoms with Crippen molar-refractivity contribution in [1.82, 2.24) is 10.2 Å². The van der Waals surface area contributed by atoms with Gasteiger partial charge in [-0.15, -0.1) is 0 Å². The molecule has 0 amide bonds. The van der Waals surface area contributed by atoms with Crippen molar-refractivity contribution < 1.29 is 4.74 Å². The fourth-order valence-electron chi connectivity index (χ4n) is 3.79. The van der Waals surface area contributed by atoms with E-state index >= 15 is 0 Å². The number of nitrogens with zero attached hydrogens (tertiary/aromatic N) is 1. The lowest BCUT2D eigenvalue weighted by molar-refractivity contribution is 0.0814. The average Bonchev–Trinajstić information content (AvgIpc) is 2.96. The van der Waals surface area contributed by atoms with Gasteiger partial charge in [0.15, 0.2) is 0 Å². The van der Waals surface area contributed by atoms with Crippen molar-refractivity contribution in [3.63, 3.8) is 0 Å². The first kappa shape index (κ1) is 11.9. The van der Waals surface area contributed by atoms with Gasteiger partial charge in [-0.1, -0.05) is 0 Å². The second-order valence-electron chi connectivity index (χ2n) is 6.19. The van der Waals surface area contributed by atoms with Crippen molar-refractivity contribution in [2.75, 3.05) is 13.7 Å². The normalized spacial score (nSPS) is 43.4. The monoisotopic (exact) mass is 238 g/mol. The lowest BCUT2D eigenvalue weighted by Gasteiger charge is -2.24. The summed E-state index contributed by atoms with van der Waals surface area (Å²) < 4.78 is 5.57. The molecule has 3 heteroatoms. The van der Waals surface area contributed by atoms with Crippen LogP contribution in [-0.4, -0.2) is 48.8 Å². The Hall–Kier alpha value is -0.120. The fraction of sp³-hybridized carbons (Fsp3) is 1.00. The summed E-state index contributed by atoms with van der Waals surface area (Å²) in [5.41, 5.74) is 0. The van der Waals surface area contributed by atoms with Gasteiger partial charge in [-0.2, -0.15) is 0 Å². The number of ether oxygens (including phenoxy) is 1. The molecule has 3 aliphatic rings. The van der Waals surface area contributed by atoms with Crippen LogP contribution in [0.4, 0.5) is 0 Å². The SMILES string of the molecule is COC1CCCC1NC1CC(C)N(C2CC2)C1. The minimum atomic E-state index is 0.459. The molecule has 1 heterocycles. The zero-order chi connectivity index (χ0) is 11.8. The van der Waals surface area contributed by atoms with Crippen LogP contribution in [0, 0.1) is 0 Å². The number of rotatable bonds is 4. The zero-order valence-corrected chi connectivity index (χ0v) is 11.2.